The van der Waals surface area contributed by atoms with E-state index >= 15 is 0 Å². The van der Waals surface area contributed by atoms with Crippen LogP contribution in [-0.2, 0) is 19.1 Å². The molecule has 5 heteroatoms. The van der Waals surface area contributed by atoms with Crippen molar-refractivity contribution < 1.29 is 19.1 Å². The molecule has 0 amide bonds. The lowest BCUT2D eigenvalue weighted by Gasteiger charge is -2.03. The SMILES string of the molecule is CCCCCCCCCOC(=O)/C=C/C(=O)OCCCCCCCCCl. The molecule has 0 aromatic carbocycles. The first-order valence-electron chi connectivity index (χ1n) is 10.3. The lowest BCUT2D eigenvalue weighted by molar-refractivity contribution is -0.140. The Morgan fingerprint density at radius 1 is 0.654 bits per heavy atom. The fraction of sp³-hybridized carbons (Fsp3) is 0.810. The van der Waals surface area contributed by atoms with Crippen molar-refractivity contribution in [1.82, 2.24) is 0 Å². The number of carbonyl (C=O) groups is 2. The normalized spacial score (nSPS) is 11.0. The van der Waals surface area contributed by atoms with Gasteiger partial charge in [0.25, 0.3) is 0 Å². The first-order chi connectivity index (χ1) is 12.7. The number of halogens is 1. The van der Waals surface area contributed by atoms with Crippen molar-refractivity contribution in [2.24, 2.45) is 0 Å². The molecule has 0 aliphatic rings. The van der Waals surface area contributed by atoms with Gasteiger partial charge in [0.15, 0.2) is 0 Å². The summed E-state index contributed by atoms with van der Waals surface area (Å²) in [7, 11) is 0. The molecule has 0 unspecified atom stereocenters. The second kappa shape index (κ2) is 20.3. The maximum atomic E-state index is 11.5. The Morgan fingerprint density at radius 3 is 1.46 bits per heavy atom. The van der Waals surface area contributed by atoms with E-state index in [1.807, 2.05) is 0 Å². The highest BCUT2D eigenvalue weighted by atomic mass is 35.5. The molecule has 0 atom stereocenters. The molecule has 0 aromatic rings. The highest BCUT2D eigenvalue weighted by Gasteiger charge is 2.01. The lowest BCUT2D eigenvalue weighted by Crippen LogP contribution is -2.06. The van der Waals surface area contributed by atoms with E-state index in [-0.39, 0.29) is 0 Å². The molecule has 0 aromatic heterocycles. The van der Waals surface area contributed by atoms with Crippen LogP contribution in [0.5, 0.6) is 0 Å². The van der Waals surface area contributed by atoms with Crippen LogP contribution in [0.4, 0.5) is 0 Å². The number of esters is 2. The van der Waals surface area contributed by atoms with Crippen LogP contribution in [0.2, 0.25) is 0 Å². The summed E-state index contributed by atoms with van der Waals surface area (Å²) in [4.78, 5) is 23.0. The summed E-state index contributed by atoms with van der Waals surface area (Å²) < 4.78 is 10.1. The quantitative estimate of drug-likeness (QED) is 0.126. The molecule has 0 heterocycles. The molecule has 152 valence electrons. The van der Waals surface area contributed by atoms with Crippen LogP contribution < -0.4 is 0 Å². The molecule has 0 spiro atoms. The van der Waals surface area contributed by atoms with E-state index in [0.29, 0.717) is 13.2 Å². The molecule has 0 fully saturated rings. The molecular weight excluding hydrogens is 352 g/mol. The number of unbranched alkanes of at least 4 members (excludes halogenated alkanes) is 11. The molecular formula is C21H37ClO4. The third-order valence-corrected chi connectivity index (χ3v) is 4.39. The van der Waals surface area contributed by atoms with Gasteiger partial charge in [-0.1, -0.05) is 71.1 Å². The topological polar surface area (TPSA) is 52.6 Å². The average Bonchev–Trinajstić information content (AvgIpc) is 2.64. The molecule has 26 heavy (non-hydrogen) atoms. The van der Waals surface area contributed by atoms with Gasteiger partial charge in [-0.2, -0.15) is 0 Å². The van der Waals surface area contributed by atoms with Crippen molar-refractivity contribution in [2.75, 3.05) is 19.1 Å². The first-order valence-corrected chi connectivity index (χ1v) is 10.8. The van der Waals surface area contributed by atoms with Crippen LogP contribution in [0.1, 0.15) is 90.4 Å². The molecule has 4 nitrogen and oxygen atoms in total. The summed E-state index contributed by atoms with van der Waals surface area (Å²) in [5.74, 6) is -0.238. The van der Waals surface area contributed by atoms with Crippen molar-refractivity contribution in [1.29, 1.82) is 0 Å². The van der Waals surface area contributed by atoms with Crippen LogP contribution >= 0.6 is 11.6 Å². The average molecular weight is 389 g/mol. The second-order valence-corrected chi connectivity index (χ2v) is 6.98. The zero-order valence-corrected chi connectivity index (χ0v) is 17.2. The van der Waals surface area contributed by atoms with Gasteiger partial charge >= 0.3 is 11.9 Å². The fourth-order valence-corrected chi connectivity index (χ4v) is 2.73. The Bertz CT molecular complexity index is 335. The number of hydrogen-bond donors (Lipinski definition) is 0. The highest BCUT2D eigenvalue weighted by molar-refractivity contribution is 6.17. The Kier molecular flexibility index (Phi) is 19.5. The zero-order chi connectivity index (χ0) is 19.3. The van der Waals surface area contributed by atoms with Gasteiger partial charge in [-0.25, -0.2) is 9.59 Å². The fourth-order valence-electron chi connectivity index (χ4n) is 2.54. The van der Waals surface area contributed by atoms with Gasteiger partial charge in [0.05, 0.1) is 13.2 Å². The summed E-state index contributed by atoms with van der Waals surface area (Å²) in [6.45, 7) is 3.01. The molecule has 0 radical (unpaired) electrons. The maximum absolute atomic E-state index is 11.5. The third kappa shape index (κ3) is 19.3. The van der Waals surface area contributed by atoms with Gasteiger partial charge in [-0.15, -0.1) is 11.6 Å². The van der Waals surface area contributed by atoms with Crippen LogP contribution in [0.3, 0.4) is 0 Å². The maximum Gasteiger partial charge on any atom is 0.331 e. The molecule has 0 saturated heterocycles. The van der Waals surface area contributed by atoms with Gasteiger partial charge < -0.3 is 9.47 Å². The highest BCUT2D eigenvalue weighted by Crippen LogP contribution is 2.07. The van der Waals surface area contributed by atoms with E-state index in [1.54, 1.807) is 0 Å². The minimum atomic E-state index is -0.486. The van der Waals surface area contributed by atoms with Crippen molar-refractivity contribution in [2.45, 2.75) is 90.4 Å². The summed E-state index contributed by atoms with van der Waals surface area (Å²) in [6.07, 6.45) is 16.9. The van der Waals surface area contributed by atoms with Gasteiger partial charge in [0.2, 0.25) is 0 Å². The molecule has 0 saturated carbocycles. The number of alkyl halides is 1. The van der Waals surface area contributed by atoms with Gasteiger partial charge in [0, 0.05) is 18.0 Å². The van der Waals surface area contributed by atoms with E-state index in [4.69, 9.17) is 21.1 Å². The minimum absolute atomic E-state index is 0.395. The van der Waals surface area contributed by atoms with E-state index in [1.165, 1.54) is 38.5 Å². The molecule has 0 N–H and O–H groups in total. The van der Waals surface area contributed by atoms with Crippen LogP contribution in [0.15, 0.2) is 12.2 Å². The standard InChI is InChI=1S/C21H37ClO4/c1-2-3-4-5-7-10-13-18-25-20(23)15-16-21(24)26-19-14-11-8-6-9-12-17-22/h15-16H,2-14,17-19H2,1H3/b16-15+. The van der Waals surface area contributed by atoms with Crippen LogP contribution in [0.25, 0.3) is 0 Å². The van der Waals surface area contributed by atoms with Gasteiger partial charge in [-0.05, 0) is 19.3 Å². The summed E-state index contributed by atoms with van der Waals surface area (Å²) in [5, 5.41) is 0. The van der Waals surface area contributed by atoms with E-state index in [0.717, 1.165) is 63.0 Å². The minimum Gasteiger partial charge on any atom is -0.463 e. The lowest BCUT2D eigenvalue weighted by atomic mass is 10.1. The summed E-state index contributed by atoms with van der Waals surface area (Å²) >= 11 is 5.62. The number of rotatable bonds is 18. The Balaban J connectivity index is 3.45. The van der Waals surface area contributed by atoms with Crippen molar-refractivity contribution >= 4 is 23.5 Å². The zero-order valence-electron chi connectivity index (χ0n) is 16.5. The largest absolute Gasteiger partial charge is 0.463 e. The van der Waals surface area contributed by atoms with Crippen molar-refractivity contribution in [3.63, 3.8) is 0 Å². The van der Waals surface area contributed by atoms with E-state index in [2.05, 4.69) is 6.92 Å². The monoisotopic (exact) mass is 388 g/mol. The molecule has 0 bridgehead atoms. The number of carbonyl (C=O) groups excluding carboxylic acids is 2. The van der Waals surface area contributed by atoms with Gasteiger partial charge in [-0.3, -0.25) is 0 Å². The summed E-state index contributed by atoms with van der Waals surface area (Å²) in [6, 6.07) is 0. The Labute approximate surface area is 164 Å². The number of ether oxygens (including phenoxy) is 2. The van der Waals surface area contributed by atoms with E-state index < -0.39 is 11.9 Å². The van der Waals surface area contributed by atoms with E-state index in [9.17, 15) is 9.59 Å². The smallest absolute Gasteiger partial charge is 0.331 e. The first kappa shape index (κ1) is 25.0. The van der Waals surface area contributed by atoms with Crippen molar-refractivity contribution in [3.05, 3.63) is 12.2 Å². The van der Waals surface area contributed by atoms with Crippen molar-refractivity contribution in [3.8, 4) is 0 Å². The van der Waals surface area contributed by atoms with Crippen LogP contribution in [0, 0.1) is 0 Å². The third-order valence-electron chi connectivity index (χ3n) is 4.12. The Hall–Kier alpha value is -1.03. The number of hydrogen-bond acceptors (Lipinski definition) is 4. The summed E-state index contributed by atoms with van der Waals surface area (Å²) in [5.41, 5.74) is 0. The molecule has 0 rings (SSSR count). The molecule has 0 aliphatic heterocycles. The van der Waals surface area contributed by atoms with Crippen LogP contribution in [-0.4, -0.2) is 31.0 Å². The second-order valence-electron chi connectivity index (χ2n) is 6.60. The predicted molar refractivity (Wildman–Crippen MR) is 107 cm³/mol. The molecule has 0 aliphatic carbocycles. The van der Waals surface area contributed by atoms with Gasteiger partial charge in [0.1, 0.15) is 0 Å². The predicted octanol–water partition coefficient (Wildman–Crippen LogP) is 5.96. The Morgan fingerprint density at radius 2 is 1.04 bits per heavy atom.